The van der Waals surface area contributed by atoms with Crippen LogP contribution in [0.15, 0.2) is 127 Å². The molecule has 6 aromatic carbocycles. The van der Waals surface area contributed by atoms with Crippen LogP contribution in [-0.2, 0) is 0 Å². The third-order valence-corrected chi connectivity index (χ3v) is 17.5. The van der Waals surface area contributed by atoms with E-state index in [2.05, 4.69) is 181 Å². The summed E-state index contributed by atoms with van der Waals surface area (Å²) < 4.78 is 6.76. The summed E-state index contributed by atoms with van der Waals surface area (Å²) in [5.41, 5.74) is 15.0. The first kappa shape index (κ1) is 31.5. The molecule has 0 atom stereocenters. The lowest BCUT2D eigenvalue weighted by atomic mass is 9.34. The van der Waals surface area contributed by atoms with E-state index in [1.165, 1.54) is 66.1 Å². The van der Waals surface area contributed by atoms with Gasteiger partial charge in [0.25, 0.3) is 6.71 Å². The van der Waals surface area contributed by atoms with Gasteiger partial charge in [0, 0.05) is 16.9 Å². The SMILES string of the molecule is Cc1cc(C)c(B2c3ccccc3Oc3cc(-c4ccccc4N4c5ccccc5[Si](C(C)C)(C(C)C)c5ccccc54)ccc32)c(C)c1. The van der Waals surface area contributed by atoms with Crippen molar-refractivity contribution in [2.75, 3.05) is 4.90 Å². The van der Waals surface area contributed by atoms with E-state index in [0.717, 1.165) is 17.1 Å². The standard InChI is InChI=1S/C45H44BNOSi/c1-29(2)49(30(3)4)43-22-14-11-19-39(43)47(40-20-12-15-23-44(40)49)38-18-10-8-16-35(38)34-24-25-37-42(28-34)48-41-21-13-9-17-36(41)46(37)45-32(6)26-31(5)27-33(45)7/h8-30H,1-7H3. The summed E-state index contributed by atoms with van der Waals surface area (Å²) >= 11 is 0. The molecule has 8 rings (SSSR count). The van der Waals surface area contributed by atoms with E-state index in [9.17, 15) is 0 Å². The van der Waals surface area contributed by atoms with Gasteiger partial charge in [0.05, 0.1) is 5.69 Å². The van der Waals surface area contributed by atoms with Crippen LogP contribution in [0.25, 0.3) is 11.1 Å². The Balaban J connectivity index is 1.32. The fourth-order valence-corrected chi connectivity index (χ4v) is 15.6. The predicted molar refractivity (Wildman–Crippen MR) is 214 cm³/mol. The van der Waals surface area contributed by atoms with Crippen LogP contribution in [0.1, 0.15) is 44.4 Å². The Morgan fingerprint density at radius 1 is 0.551 bits per heavy atom. The molecule has 2 aliphatic rings. The number of anilines is 3. The summed E-state index contributed by atoms with van der Waals surface area (Å²) in [5, 5.41) is 3.07. The Bertz CT molecular complexity index is 2160. The topological polar surface area (TPSA) is 12.5 Å². The van der Waals surface area contributed by atoms with Gasteiger partial charge in [0.1, 0.15) is 19.6 Å². The summed E-state index contributed by atoms with van der Waals surface area (Å²) in [7, 11) is -2.12. The summed E-state index contributed by atoms with van der Waals surface area (Å²) in [4.78, 5) is 2.54. The molecule has 0 aliphatic carbocycles. The normalized spacial score (nSPS) is 14.2. The van der Waals surface area contributed by atoms with Crippen LogP contribution in [0.2, 0.25) is 11.1 Å². The number of hydrogen-bond acceptors (Lipinski definition) is 2. The molecule has 0 saturated heterocycles. The molecule has 0 radical (unpaired) electrons. The van der Waals surface area contributed by atoms with E-state index in [1.807, 2.05) is 0 Å². The van der Waals surface area contributed by atoms with Crippen molar-refractivity contribution in [3.63, 3.8) is 0 Å². The first-order chi connectivity index (χ1) is 23.7. The highest BCUT2D eigenvalue weighted by molar-refractivity contribution is 7.06. The molecular weight excluding hydrogens is 609 g/mol. The highest BCUT2D eigenvalue weighted by atomic mass is 28.3. The zero-order valence-electron chi connectivity index (χ0n) is 29.7. The predicted octanol–water partition coefficient (Wildman–Crippen LogP) is 9.07. The van der Waals surface area contributed by atoms with Crippen LogP contribution in [0.3, 0.4) is 0 Å². The van der Waals surface area contributed by atoms with Crippen LogP contribution in [0.4, 0.5) is 17.1 Å². The van der Waals surface area contributed by atoms with Crippen molar-refractivity contribution in [3.8, 4) is 22.6 Å². The van der Waals surface area contributed by atoms with Gasteiger partial charge in [-0.3, -0.25) is 0 Å². The van der Waals surface area contributed by atoms with Crippen molar-refractivity contribution in [2.45, 2.75) is 59.5 Å². The Hall–Kier alpha value is -4.80. The van der Waals surface area contributed by atoms with E-state index >= 15 is 0 Å². The van der Waals surface area contributed by atoms with Gasteiger partial charge >= 0.3 is 0 Å². The fraction of sp³-hybridized carbons (Fsp3) is 0.200. The molecule has 0 fully saturated rings. The second-order valence-electron chi connectivity index (χ2n) is 14.7. The summed E-state index contributed by atoms with van der Waals surface area (Å²) in [6, 6.07) is 47.4. The Morgan fingerprint density at radius 3 is 1.71 bits per heavy atom. The summed E-state index contributed by atoms with van der Waals surface area (Å²) in [5.74, 6) is 1.87. The van der Waals surface area contributed by atoms with E-state index in [4.69, 9.17) is 4.74 Å². The number of hydrogen-bond donors (Lipinski definition) is 0. The van der Waals surface area contributed by atoms with Crippen LogP contribution >= 0.6 is 0 Å². The molecule has 4 heteroatoms. The van der Waals surface area contributed by atoms with Crippen molar-refractivity contribution >= 4 is 58.6 Å². The maximum Gasteiger partial charge on any atom is 0.251 e. The number of nitrogens with zero attached hydrogens (tertiary/aromatic N) is 1. The molecule has 0 aromatic heterocycles. The van der Waals surface area contributed by atoms with Crippen molar-refractivity contribution in [1.29, 1.82) is 0 Å². The lowest BCUT2D eigenvalue weighted by Gasteiger charge is -2.49. The molecule has 242 valence electrons. The van der Waals surface area contributed by atoms with Gasteiger partial charge in [-0.1, -0.05) is 147 Å². The lowest BCUT2D eigenvalue weighted by molar-refractivity contribution is 0.487. The van der Waals surface area contributed by atoms with Crippen molar-refractivity contribution in [1.82, 2.24) is 0 Å². The molecule has 0 saturated carbocycles. The van der Waals surface area contributed by atoms with Gasteiger partial charge in [-0.05, 0) is 89.0 Å². The first-order valence-corrected chi connectivity index (χ1v) is 19.9. The fourth-order valence-electron chi connectivity index (χ4n) is 9.48. The molecule has 49 heavy (non-hydrogen) atoms. The minimum atomic E-state index is -2.12. The molecule has 2 heterocycles. The van der Waals surface area contributed by atoms with E-state index in [1.54, 1.807) is 0 Å². The van der Waals surface area contributed by atoms with Crippen molar-refractivity contribution in [2.24, 2.45) is 0 Å². The molecule has 0 N–H and O–H groups in total. The minimum absolute atomic E-state index is 0.107. The highest BCUT2D eigenvalue weighted by Crippen LogP contribution is 2.47. The average Bonchev–Trinajstić information content (AvgIpc) is 3.09. The van der Waals surface area contributed by atoms with Gasteiger partial charge in [-0.15, -0.1) is 0 Å². The van der Waals surface area contributed by atoms with E-state index < -0.39 is 8.07 Å². The van der Waals surface area contributed by atoms with Crippen LogP contribution in [-0.4, -0.2) is 14.8 Å². The van der Waals surface area contributed by atoms with Gasteiger partial charge in [0.2, 0.25) is 0 Å². The molecule has 0 spiro atoms. The molecular formula is C45H44BNOSi. The van der Waals surface area contributed by atoms with Crippen LogP contribution in [0, 0.1) is 20.8 Å². The summed E-state index contributed by atoms with van der Waals surface area (Å²) in [6.45, 7) is 16.6. The zero-order chi connectivity index (χ0) is 34.0. The van der Waals surface area contributed by atoms with Crippen LogP contribution < -0.4 is 36.4 Å². The maximum absolute atomic E-state index is 6.76. The van der Waals surface area contributed by atoms with E-state index in [-0.39, 0.29) is 6.71 Å². The van der Waals surface area contributed by atoms with Gasteiger partial charge in [-0.25, -0.2) is 0 Å². The molecule has 0 bridgehead atoms. The monoisotopic (exact) mass is 653 g/mol. The number of fused-ring (bicyclic) bond motifs is 4. The third-order valence-electron chi connectivity index (χ3n) is 11.3. The quantitative estimate of drug-likeness (QED) is 0.172. The number of benzene rings is 6. The Labute approximate surface area is 293 Å². The first-order valence-electron chi connectivity index (χ1n) is 17.8. The number of aryl methyl sites for hydroxylation is 3. The largest absolute Gasteiger partial charge is 0.458 e. The third kappa shape index (κ3) is 4.75. The van der Waals surface area contributed by atoms with Crippen molar-refractivity contribution in [3.05, 3.63) is 144 Å². The number of ether oxygens (including phenoxy) is 1. The lowest BCUT2D eigenvalue weighted by Crippen LogP contribution is -2.66. The van der Waals surface area contributed by atoms with Crippen molar-refractivity contribution < 1.29 is 4.74 Å². The summed E-state index contributed by atoms with van der Waals surface area (Å²) in [6.07, 6.45) is 0. The second kappa shape index (κ2) is 12.0. The second-order valence-corrected chi connectivity index (χ2v) is 19.8. The zero-order valence-corrected chi connectivity index (χ0v) is 30.7. The van der Waals surface area contributed by atoms with Gasteiger partial charge < -0.3 is 9.64 Å². The average molecular weight is 654 g/mol. The molecule has 0 amide bonds. The van der Waals surface area contributed by atoms with Gasteiger partial charge in [0.15, 0.2) is 0 Å². The molecule has 6 aromatic rings. The maximum atomic E-state index is 6.76. The smallest absolute Gasteiger partial charge is 0.251 e. The minimum Gasteiger partial charge on any atom is -0.458 e. The van der Waals surface area contributed by atoms with Gasteiger partial charge in [-0.2, -0.15) is 0 Å². The van der Waals surface area contributed by atoms with Crippen LogP contribution in [0.5, 0.6) is 11.5 Å². The molecule has 2 nitrogen and oxygen atoms in total. The molecule has 2 aliphatic heterocycles. The van der Waals surface area contributed by atoms with E-state index in [0.29, 0.717) is 11.1 Å². The molecule has 0 unspecified atom stereocenters. The highest BCUT2D eigenvalue weighted by Gasteiger charge is 2.50. The number of rotatable bonds is 5. The number of para-hydroxylation sites is 4. The Kier molecular flexibility index (Phi) is 7.68. The Morgan fingerprint density at radius 2 is 1.08 bits per heavy atom.